The minimum absolute atomic E-state index is 0.0792. The van der Waals surface area contributed by atoms with Gasteiger partial charge in [-0.1, -0.05) is 18.2 Å². The van der Waals surface area contributed by atoms with Gasteiger partial charge in [-0.2, -0.15) is 0 Å². The number of hydrogen-bond acceptors (Lipinski definition) is 3. The Bertz CT molecular complexity index is 561. The SMILES string of the molecule is COCC[C@@H](C)NC(=O)N(C)Cc1cc2ccccc2o1. The average Bonchev–Trinajstić information content (AvgIpc) is 2.87. The van der Waals surface area contributed by atoms with Crippen molar-refractivity contribution in [2.45, 2.75) is 25.9 Å². The maximum absolute atomic E-state index is 12.1. The molecule has 0 aliphatic rings. The molecule has 0 saturated heterocycles. The Morgan fingerprint density at radius 1 is 1.43 bits per heavy atom. The van der Waals surface area contributed by atoms with E-state index in [0.29, 0.717) is 13.2 Å². The van der Waals surface area contributed by atoms with Crippen LogP contribution in [0.1, 0.15) is 19.1 Å². The highest BCUT2D eigenvalue weighted by molar-refractivity contribution is 5.78. The monoisotopic (exact) mass is 290 g/mol. The van der Waals surface area contributed by atoms with Crippen molar-refractivity contribution in [2.24, 2.45) is 0 Å². The summed E-state index contributed by atoms with van der Waals surface area (Å²) in [6.07, 6.45) is 0.792. The molecule has 1 N–H and O–H groups in total. The molecule has 1 aromatic carbocycles. The largest absolute Gasteiger partial charge is 0.459 e. The molecule has 1 atom stereocenters. The summed E-state index contributed by atoms with van der Waals surface area (Å²) < 4.78 is 10.7. The van der Waals surface area contributed by atoms with Crippen LogP contribution >= 0.6 is 0 Å². The third kappa shape index (κ3) is 4.23. The van der Waals surface area contributed by atoms with Crippen LogP contribution < -0.4 is 5.32 Å². The van der Waals surface area contributed by atoms with E-state index in [1.807, 2.05) is 37.3 Å². The van der Waals surface area contributed by atoms with Crippen LogP contribution in [-0.2, 0) is 11.3 Å². The zero-order valence-electron chi connectivity index (χ0n) is 12.8. The number of carbonyl (C=O) groups is 1. The molecule has 0 bridgehead atoms. The fourth-order valence-electron chi connectivity index (χ4n) is 2.11. The van der Waals surface area contributed by atoms with Gasteiger partial charge in [0.2, 0.25) is 0 Å². The number of amides is 2. The Kier molecular flexibility index (Phi) is 5.22. The number of methoxy groups -OCH3 is 1. The summed E-state index contributed by atoms with van der Waals surface area (Å²) in [7, 11) is 3.41. The van der Waals surface area contributed by atoms with E-state index in [9.17, 15) is 4.79 Å². The minimum Gasteiger partial charge on any atom is -0.459 e. The van der Waals surface area contributed by atoms with E-state index in [2.05, 4.69) is 5.32 Å². The molecular formula is C16H22N2O3. The van der Waals surface area contributed by atoms with Crippen LogP contribution in [0.3, 0.4) is 0 Å². The van der Waals surface area contributed by atoms with Crippen LogP contribution in [0.25, 0.3) is 11.0 Å². The van der Waals surface area contributed by atoms with Crippen molar-refractivity contribution >= 4 is 17.0 Å². The first kappa shape index (κ1) is 15.4. The van der Waals surface area contributed by atoms with Crippen LogP contribution in [0.2, 0.25) is 0 Å². The van der Waals surface area contributed by atoms with Crippen molar-refractivity contribution in [3.05, 3.63) is 36.1 Å². The maximum Gasteiger partial charge on any atom is 0.317 e. The molecule has 5 nitrogen and oxygen atoms in total. The van der Waals surface area contributed by atoms with Gasteiger partial charge < -0.3 is 19.4 Å². The van der Waals surface area contributed by atoms with E-state index in [1.165, 1.54) is 0 Å². The predicted molar refractivity (Wildman–Crippen MR) is 82.2 cm³/mol. The minimum atomic E-state index is -0.112. The number of benzene rings is 1. The molecule has 0 radical (unpaired) electrons. The van der Waals surface area contributed by atoms with Gasteiger partial charge in [0.1, 0.15) is 11.3 Å². The van der Waals surface area contributed by atoms with Gasteiger partial charge in [-0.05, 0) is 25.5 Å². The zero-order chi connectivity index (χ0) is 15.2. The van der Waals surface area contributed by atoms with Gasteiger partial charge >= 0.3 is 6.03 Å². The lowest BCUT2D eigenvalue weighted by molar-refractivity contribution is 0.176. The van der Waals surface area contributed by atoms with E-state index < -0.39 is 0 Å². The highest BCUT2D eigenvalue weighted by Crippen LogP contribution is 2.19. The molecule has 0 spiro atoms. The topological polar surface area (TPSA) is 54.7 Å². The Morgan fingerprint density at radius 2 is 2.19 bits per heavy atom. The van der Waals surface area contributed by atoms with Crippen molar-refractivity contribution < 1.29 is 13.9 Å². The zero-order valence-corrected chi connectivity index (χ0v) is 12.8. The lowest BCUT2D eigenvalue weighted by atomic mass is 10.2. The Labute approximate surface area is 124 Å². The first-order chi connectivity index (χ1) is 10.1. The first-order valence-electron chi connectivity index (χ1n) is 7.08. The molecule has 2 aromatic rings. The van der Waals surface area contributed by atoms with E-state index in [-0.39, 0.29) is 12.1 Å². The third-order valence-corrected chi connectivity index (χ3v) is 3.34. The van der Waals surface area contributed by atoms with Gasteiger partial charge in [0, 0.05) is 32.2 Å². The van der Waals surface area contributed by atoms with Gasteiger partial charge in [-0.25, -0.2) is 4.79 Å². The normalized spacial score (nSPS) is 12.3. The summed E-state index contributed by atoms with van der Waals surface area (Å²) in [5.74, 6) is 0.776. The fraction of sp³-hybridized carbons (Fsp3) is 0.438. The summed E-state index contributed by atoms with van der Waals surface area (Å²) in [5, 5.41) is 3.98. The Hall–Kier alpha value is -2.01. The molecule has 2 rings (SSSR count). The summed E-state index contributed by atoms with van der Waals surface area (Å²) in [6, 6.07) is 9.75. The van der Waals surface area contributed by atoms with Crippen LogP contribution in [0.15, 0.2) is 34.7 Å². The van der Waals surface area contributed by atoms with Crippen molar-refractivity contribution in [2.75, 3.05) is 20.8 Å². The van der Waals surface area contributed by atoms with Crippen molar-refractivity contribution in [1.29, 1.82) is 0 Å². The second-order valence-electron chi connectivity index (χ2n) is 5.24. The number of rotatable bonds is 6. The lowest BCUT2D eigenvalue weighted by Crippen LogP contribution is -2.41. The van der Waals surface area contributed by atoms with Gasteiger partial charge in [0.05, 0.1) is 6.54 Å². The number of nitrogens with one attached hydrogen (secondary N) is 1. The highest BCUT2D eigenvalue weighted by Gasteiger charge is 2.14. The molecular weight excluding hydrogens is 268 g/mol. The van der Waals surface area contributed by atoms with E-state index in [1.54, 1.807) is 19.1 Å². The van der Waals surface area contributed by atoms with Crippen LogP contribution in [0, 0.1) is 0 Å². The van der Waals surface area contributed by atoms with Gasteiger partial charge in [0.25, 0.3) is 0 Å². The molecule has 0 saturated carbocycles. The standard InChI is InChI=1S/C16H22N2O3/c1-12(8-9-20-3)17-16(19)18(2)11-14-10-13-6-4-5-7-15(13)21-14/h4-7,10,12H,8-9,11H2,1-3H3,(H,17,19)/t12-/m1/s1. The second-order valence-corrected chi connectivity index (χ2v) is 5.24. The molecule has 0 aliphatic carbocycles. The van der Waals surface area contributed by atoms with Crippen LogP contribution in [0.4, 0.5) is 4.79 Å². The van der Waals surface area contributed by atoms with Gasteiger partial charge in [-0.15, -0.1) is 0 Å². The summed E-state index contributed by atoms with van der Waals surface area (Å²) in [6.45, 7) is 3.04. The first-order valence-corrected chi connectivity index (χ1v) is 7.08. The summed E-state index contributed by atoms with van der Waals surface area (Å²) in [4.78, 5) is 13.7. The van der Waals surface area contributed by atoms with Gasteiger partial charge in [-0.3, -0.25) is 0 Å². The fourth-order valence-corrected chi connectivity index (χ4v) is 2.11. The van der Waals surface area contributed by atoms with Crippen molar-refractivity contribution in [1.82, 2.24) is 10.2 Å². The quantitative estimate of drug-likeness (QED) is 0.889. The number of carbonyl (C=O) groups excluding carboxylic acids is 1. The van der Waals surface area contributed by atoms with E-state index in [4.69, 9.17) is 9.15 Å². The Balaban J connectivity index is 1.90. The molecule has 21 heavy (non-hydrogen) atoms. The number of hydrogen-bond donors (Lipinski definition) is 1. The van der Waals surface area contributed by atoms with Gasteiger partial charge in [0.15, 0.2) is 0 Å². The van der Waals surface area contributed by atoms with E-state index in [0.717, 1.165) is 23.2 Å². The molecule has 1 aromatic heterocycles. The highest BCUT2D eigenvalue weighted by atomic mass is 16.5. The van der Waals surface area contributed by atoms with Crippen LogP contribution in [0.5, 0.6) is 0 Å². The molecule has 0 fully saturated rings. The molecule has 114 valence electrons. The summed E-state index contributed by atoms with van der Waals surface area (Å²) >= 11 is 0. The van der Waals surface area contributed by atoms with Crippen molar-refractivity contribution in [3.63, 3.8) is 0 Å². The molecule has 0 unspecified atom stereocenters. The smallest absolute Gasteiger partial charge is 0.317 e. The van der Waals surface area contributed by atoms with E-state index >= 15 is 0 Å². The number of nitrogens with zero attached hydrogens (tertiary/aromatic N) is 1. The number of fused-ring (bicyclic) bond motifs is 1. The summed E-state index contributed by atoms with van der Waals surface area (Å²) in [5.41, 5.74) is 0.842. The average molecular weight is 290 g/mol. The molecule has 1 heterocycles. The lowest BCUT2D eigenvalue weighted by Gasteiger charge is -2.20. The third-order valence-electron chi connectivity index (χ3n) is 3.34. The molecule has 2 amide bonds. The second kappa shape index (κ2) is 7.13. The Morgan fingerprint density at radius 3 is 2.90 bits per heavy atom. The number of furan rings is 1. The maximum atomic E-state index is 12.1. The number of para-hydroxylation sites is 1. The van der Waals surface area contributed by atoms with Crippen LogP contribution in [-0.4, -0.2) is 37.7 Å². The predicted octanol–water partition coefficient (Wildman–Crippen LogP) is 3.00. The number of urea groups is 1. The number of ether oxygens (including phenoxy) is 1. The van der Waals surface area contributed by atoms with Crippen molar-refractivity contribution in [3.8, 4) is 0 Å². The molecule has 5 heteroatoms. The molecule has 0 aliphatic heterocycles.